The summed E-state index contributed by atoms with van der Waals surface area (Å²) in [5.74, 6) is 1.37. The van der Waals surface area contributed by atoms with Crippen LogP contribution in [-0.4, -0.2) is 43.5 Å². The largest absolute Gasteiger partial charge is 0.296 e. The van der Waals surface area contributed by atoms with E-state index in [1.165, 1.54) is 25.0 Å². The fourth-order valence-electron chi connectivity index (χ4n) is 2.34. The standard InChI is InChI=1S/C12H12BrN5O2S/c1-6(19)21-4-7-2-8(20)18(3-7)12-9-10(13)16-17-11(9)14-5-15-12/h5,7H,2-4H2,1H3,(H,14,15,16,17). The number of halogens is 1. The Morgan fingerprint density at radius 1 is 1.57 bits per heavy atom. The molecule has 0 spiro atoms. The van der Waals surface area contributed by atoms with Crippen molar-refractivity contribution < 1.29 is 9.59 Å². The molecule has 0 bridgehead atoms. The molecule has 2 aromatic heterocycles. The van der Waals surface area contributed by atoms with Crippen LogP contribution in [0.2, 0.25) is 0 Å². The fourth-order valence-corrected chi connectivity index (χ4v) is 3.48. The first-order chi connectivity index (χ1) is 10.1. The van der Waals surface area contributed by atoms with Crippen LogP contribution in [0.4, 0.5) is 5.82 Å². The topological polar surface area (TPSA) is 91.8 Å². The molecule has 7 nitrogen and oxygen atoms in total. The van der Waals surface area contributed by atoms with E-state index in [0.29, 0.717) is 40.2 Å². The molecule has 1 aliphatic rings. The summed E-state index contributed by atoms with van der Waals surface area (Å²) in [6.45, 7) is 2.10. The quantitative estimate of drug-likeness (QED) is 0.885. The number of nitrogens with one attached hydrogen (secondary N) is 1. The van der Waals surface area contributed by atoms with Crippen molar-refractivity contribution in [1.82, 2.24) is 20.2 Å². The molecule has 2 aromatic rings. The predicted octanol–water partition coefficient (Wildman–Crippen LogP) is 1.75. The van der Waals surface area contributed by atoms with Gasteiger partial charge in [0.15, 0.2) is 16.6 Å². The zero-order valence-corrected chi connectivity index (χ0v) is 13.6. The molecule has 0 radical (unpaired) electrons. The van der Waals surface area contributed by atoms with Gasteiger partial charge in [0.1, 0.15) is 10.9 Å². The Kier molecular flexibility index (Phi) is 3.94. The summed E-state index contributed by atoms with van der Waals surface area (Å²) in [5.41, 5.74) is 0.515. The van der Waals surface area contributed by atoms with E-state index in [1.807, 2.05) is 0 Å². The molecule has 1 atom stereocenters. The minimum Gasteiger partial charge on any atom is -0.296 e. The van der Waals surface area contributed by atoms with Gasteiger partial charge in [-0.3, -0.25) is 19.6 Å². The molecule has 0 aliphatic carbocycles. The Labute approximate surface area is 133 Å². The Balaban J connectivity index is 1.87. The maximum atomic E-state index is 12.2. The molecule has 3 heterocycles. The fraction of sp³-hybridized carbons (Fsp3) is 0.417. The zero-order chi connectivity index (χ0) is 15.0. The lowest BCUT2D eigenvalue weighted by atomic mass is 10.1. The van der Waals surface area contributed by atoms with Crippen LogP contribution in [0.3, 0.4) is 0 Å². The molecule has 1 aliphatic heterocycles. The van der Waals surface area contributed by atoms with Crippen molar-refractivity contribution in [3.05, 3.63) is 10.9 Å². The number of H-pyrrole nitrogens is 1. The third-order valence-corrected chi connectivity index (χ3v) is 4.89. The molecule has 9 heteroatoms. The third kappa shape index (κ3) is 2.80. The van der Waals surface area contributed by atoms with Gasteiger partial charge >= 0.3 is 0 Å². The lowest BCUT2D eigenvalue weighted by Crippen LogP contribution is -2.26. The van der Waals surface area contributed by atoms with Crippen LogP contribution in [0.15, 0.2) is 10.9 Å². The highest BCUT2D eigenvalue weighted by atomic mass is 79.9. The molecule has 110 valence electrons. The molecule has 0 aromatic carbocycles. The van der Waals surface area contributed by atoms with Gasteiger partial charge in [-0.05, 0) is 21.8 Å². The summed E-state index contributed by atoms with van der Waals surface area (Å²) in [5, 5.41) is 7.60. The first-order valence-electron chi connectivity index (χ1n) is 6.34. The van der Waals surface area contributed by atoms with Gasteiger partial charge in [-0.25, -0.2) is 9.97 Å². The predicted molar refractivity (Wildman–Crippen MR) is 83.0 cm³/mol. The van der Waals surface area contributed by atoms with Crippen LogP contribution in [0.1, 0.15) is 13.3 Å². The molecular formula is C12H12BrN5O2S. The van der Waals surface area contributed by atoms with Crippen LogP contribution in [0.5, 0.6) is 0 Å². The monoisotopic (exact) mass is 369 g/mol. The van der Waals surface area contributed by atoms with Gasteiger partial charge in [-0.2, -0.15) is 5.10 Å². The van der Waals surface area contributed by atoms with Crippen molar-refractivity contribution in [1.29, 1.82) is 0 Å². The summed E-state index contributed by atoms with van der Waals surface area (Å²) in [4.78, 5) is 33.2. The number of thioether (sulfide) groups is 1. The maximum absolute atomic E-state index is 12.2. The van der Waals surface area contributed by atoms with Crippen molar-refractivity contribution in [2.75, 3.05) is 17.2 Å². The maximum Gasteiger partial charge on any atom is 0.228 e. The lowest BCUT2D eigenvalue weighted by molar-refractivity contribution is -0.117. The number of fused-ring (bicyclic) bond motifs is 1. The van der Waals surface area contributed by atoms with Gasteiger partial charge in [0, 0.05) is 25.6 Å². The molecule has 1 N–H and O–H groups in total. The van der Waals surface area contributed by atoms with E-state index in [9.17, 15) is 9.59 Å². The molecular weight excluding hydrogens is 358 g/mol. The molecule has 1 unspecified atom stereocenters. The Morgan fingerprint density at radius 2 is 2.38 bits per heavy atom. The summed E-state index contributed by atoms with van der Waals surface area (Å²) < 4.78 is 0.655. The summed E-state index contributed by atoms with van der Waals surface area (Å²) in [7, 11) is 0. The van der Waals surface area contributed by atoms with Crippen molar-refractivity contribution in [3.8, 4) is 0 Å². The molecule has 3 rings (SSSR count). The van der Waals surface area contributed by atoms with Gasteiger partial charge in [0.25, 0.3) is 0 Å². The lowest BCUT2D eigenvalue weighted by Gasteiger charge is -2.16. The van der Waals surface area contributed by atoms with Crippen LogP contribution >= 0.6 is 27.7 Å². The van der Waals surface area contributed by atoms with E-state index in [2.05, 4.69) is 36.1 Å². The number of carbonyl (C=O) groups is 2. The number of nitrogens with zero attached hydrogens (tertiary/aromatic N) is 4. The van der Waals surface area contributed by atoms with Gasteiger partial charge in [-0.15, -0.1) is 0 Å². The number of amides is 1. The third-order valence-electron chi connectivity index (χ3n) is 3.27. The van der Waals surface area contributed by atoms with E-state index >= 15 is 0 Å². The SMILES string of the molecule is CC(=O)SCC1CC(=O)N(c2ncnc3n[nH]c(Br)c23)C1. The Bertz CT molecular complexity index is 719. The van der Waals surface area contributed by atoms with Crippen molar-refractivity contribution in [2.24, 2.45) is 5.92 Å². The second-order valence-electron chi connectivity index (χ2n) is 4.81. The highest BCUT2D eigenvalue weighted by Crippen LogP contribution is 2.32. The highest BCUT2D eigenvalue weighted by Gasteiger charge is 2.33. The van der Waals surface area contributed by atoms with Crippen molar-refractivity contribution in [2.45, 2.75) is 13.3 Å². The molecule has 1 amide bonds. The first kappa shape index (κ1) is 14.5. The molecule has 21 heavy (non-hydrogen) atoms. The number of aromatic nitrogens is 4. The summed E-state index contributed by atoms with van der Waals surface area (Å²) in [6.07, 6.45) is 1.83. The van der Waals surface area contributed by atoms with Crippen LogP contribution < -0.4 is 4.90 Å². The second-order valence-corrected chi connectivity index (χ2v) is 6.80. The van der Waals surface area contributed by atoms with Crippen molar-refractivity contribution in [3.63, 3.8) is 0 Å². The molecule has 0 saturated carbocycles. The van der Waals surface area contributed by atoms with Crippen LogP contribution in [-0.2, 0) is 9.59 Å². The average Bonchev–Trinajstić information content (AvgIpc) is 3.00. The normalized spacial score (nSPS) is 18.7. The van der Waals surface area contributed by atoms with Gasteiger partial charge in [-0.1, -0.05) is 11.8 Å². The minimum atomic E-state index is 0.0113. The first-order valence-corrected chi connectivity index (χ1v) is 8.12. The average molecular weight is 370 g/mol. The Morgan fingerprint density at radius 3 is 3.14 bits per heavy atom. The van der Waals surface area contributed by atoms with Gasteiger partial charge in [0.05, 0.1) is 5.39 Å². The second kappa shape index (κ2) is 5.72. The molecule has 1 fully saturated rings. The zero-order valence-electron chi connectivity index (χ0n) is 11.2. The highest BCUT2D eigenvalue weighted by molar-refractivity contribution is 9.10. The number of carbonyl (C=O) groups excluding carboxylic acids is 2. The van der Waals surface area contributed by atoms with Gasteiger partial charge < -0.3 is 0 Å². The molecule has 1 saturated heterocycles. The summed E-state index contributed by atoms with van der Waals surface area (Å²) >= 11 is 4.62. The van der Waals surface area contributed by atoms with E-state index in [4.69, 9.17) is 0 Å². The van der Waals surface area contributed by atoms with Crippen molar-refractivity contribution >= 4 is 55.6 Å². The van der Waals surface area contributed by atoms with E-state index in [0.717, 1.165) is 0 Å². The summed E-state index contributed by atoms with van der Waals surface area (Å²) in [6, 6.07) is 0. The van der Waals surface area contributed by atoms with E-state index < -0.39 is 0 Å². The minimum absolute atomic E-state index is 0.0113. The smallest absolute Gasteiger partial charge is 0.228 e. The Hall–Kier alpha value is -1.48. The number of anilines is 1. The number of rotatable bonds is 3. The van der Waals surface area contributed by atoms with Crippen LogP contribution in [0, 0.1) is 5.92 Å². The van der Waals surface area contributed by atoms with Crippen LogP contribution in [0.25, 0.3) is 11.0 Å². The number of aromatic amines is 1. The number of hydrogen-bond donors (Lipinski definition) is 1. The van der Waals surface area contributed by atoms with Gasteiger partial charge in [0.2, 0.25) is 5.91 Å². The van der Waals surface area contributed by atoms with E-state index in [-0.39, 0.29) is 16.9 Å². The number of hydrogen-bond acceptors (Lipinski definition) is 6. The van der Waals surface area contributed by atoms with E-state index in [1.54, 1.807) is 4.90 Å².